The summed E-state index contributed by atoms with van der Waals surface area (Å²) in [5, 5.41) is 0. The number of aromatic nitrogens is 6. The predicted octanol–water partition coefficient (Wildman–Crippen LogP) is 19.5. The quantitative estimate of drug-likeness (QED) is 0.137. The number of nitrogens with zero attached hydrogens (tertiary/aromatic N) is 6. The Bertz CT molecular complexity index is 4390. The summed E-state index contributed by atoms with van der Waals surface area (Å²) in [4.78, 5) is 21.6. The van der Waals surface area contributed by atoms with Crippen LogP contribution in [0.2, 0.25) is 0 Å². The van der Waals surface area contributed by atoms with Crippen LogP contribution >= 0.6 is 0 Å². The topological polar surface area (TPSA) is 61.4 Å². The van der Waals surface area contributed by atoms with Crippen molar-refractivity contribution in [1.29, 1.82) is 0 Å². The molecule has 0 spiro atoms. The van der Waals surface area contributed by atoms with Gasteiger partial charge in [-0.15, -0.1) is 0 Å². The van der Waals surface area contributed by atoms with E-state index in [4.69, 9.17) is 19.9 Å². The average Bonchev–Trinajstić information content (AvgIpc) is 3.08. The molecule has 0 aliphatic rings. The van der Waals surface area contributed by atoms with E-state index in [1.54, 1.807) is 0 Å². The van der Waals surface area contributed by atoms with Crippen LogP contribution in [0.15, 0.2) is 243 Å². The van der Waals surface area contributed by atoms with E-state index in [-0.39, 0.29) is 0 Å². The zero-order valence-electron chi connectivity index (χ0n) is 46.8. The van der Waals surface area contributed by atoms with E-state index in [2.05, 4.69) is 269 Å². The molecule has 0 saturated carbocycles. The van der Waals surface area contributed by atoms with Gasteiger partial charge in [-0.25, -0.2) is 19.9 Å². The van der Waals surface area contributed by atoms with Crippen LogP contribution in [0.4, 0.5) is 0 Å². The Morgan fingerprint density at radius 3 is 0.890 bits per heavy atom. The summed E-state index contributed by atoms with van der Waals surface area (Å²) in [6, 6.07) is 86.5. The number of fused-ring (bicyclic) bond motifs is 3. The van der Waals surface area contributed by atoms with Crippen molar-refractivity contribution < 1.29 is 0 Å². The van der Waals surface area contributed by atoms with E-state index in [1.807, 2.05) is 24.3 Å². The van der Waals surface area contributed by atoms with Crippen molar-refractivity contribution in [1.82, 2.24) is 29.1 Å². The molecule has 0 N–H and O–H groups in total. The van der Waals surface area contributed by atoms with Crippen LogP contribution in [0.25, 0.3) is 134 Å². The van der Waals surface area contributed by atoms with Gasteiger partial charge in [-0.3, -0.25) is 9.13 Å². The fourth-order valence-electron chi connectivity index (χ4n) is 12.5. The number of para-hydroxylation sites is 6. The smallest absolute Gasteiger partial charge is 0.145 e. The third kappa shape index (κ3) is 8.95. The van der Waals surface area contributed by atoms with Crippen LogP contribution in [0, 0.1) is 41.5 Å². The minimum absolute atomic E-state index is 0.825. The molecule has 392 valence electrons. The maximum absolute atomic E-state index is 5.66. The van der Waals surface area contributed by atoms with E-state index in [0.29, 0.717) is 0 Å². The van der Waals surface area contributed by atoms with Crippen LogP contribution in [-0.4, -0.2) is 29.1 Å². The molecule has 6 nitrogen and oxygen atoms in total. The van der Waals surface area contributed by atoms with Gasteiger partial charge in [0.25, 0.3) is 0 Å². The summed E-state index contributed by atoms with van der Waals surface area (Å²) in [5.74, 6) is 1.82. The molecule has 82 heavy (non-hydrogen) atoms. The first-order chi connectivity index (χ1) is 40.1. The lowest BCUT2D eigenvalue weighted by Gasteiger charge is -2.21. The highest BCUT2D eigenvalue weighted by molar-refractivity contribution is 5.98. The van der Waals surface area contributed by atoms with E-state index in [1.165, 1.54) is 44.5 Å². The minimum Gasteiger partial charge on any atom is -0.292 e. The maximum Gasteiger partial charge on any atom is 0.145 e. The van der Waals surface area contributed by atoms with Crippen molar-refractivity contribution in [3.8, 4) is 101 Å². The fourth-order valence-corrected chi connectivity index (χ4v) is 12.5. The molecular weight excluding hydrogens is 997 g/mol. The first-order valence-corrected chi connectivity index (χ1v) is 28.1. The summed E-state index contributed by atoms with van der Waals surface area (Å²) >= 11 is 0. The Hall–Kier alpha value is -10.3. The van der Waals surface area contributed by atoms with Gasteiger partial charge in [-0.1, -0.05) is 193 Å². The van der Waals surface area contributed by atoms with E-state index >= 15 is 0 Å². The number of aryl methyl sites for hydroxylation is 6. The van der Waals surface area contributed by atoms with Gasteiger partial charge in [0, 0.05) is 33.6 Å². The zero-order valence-corrected chi connectivity index (χ0v) is 46.8. The van der Waals surface area contributed by atoms with Crippen molar-refractivity contribution in [2.75, 3.05) is 0 Å². The molecule has 14 rings (SSSR count). The van der Waals surface area contributed by atoms with E-state index in [0.717, 1.165) is 123 Å². The molecule has 14 aromatic rings. The second-order valence-electron chi connectivity index (χ2n) is 21.9. The minimum atomic E-state index is 0.825. The highest BCUT2D eigenvalue weighted by Gasteiger charge is 2.22. The molecule has 0 bridgehead atoms. The third-order valence-corrected chi connectivity index (χ3v) is 16.1. The Morgan fingerprint density at radius 1 is 0.256 bits per heavy atom. The normalized spacial score (nSPS) is 11.5. The molecule has 0 unspecified atom stereocenters. The van der Waals surface area contributed by atoms with Crippen LogP contribution in [0.5, 0.6) is 0 Å². The molecule has 6 heteroatoms. The zero-order chi connectivity index (χ0) is 55.6. The Balaban J connectivity index is 0.869. The van der Waals surface area contributed by atoms with Crippen molar-refractivity contribution in [2.45, 2.75) is 41.5 Å². The van der Waals surface area contributed by atoms with Gasteiger partial charge in [0.15, 0.2) is 0 Å². The van der Waals surface area contributed by atoms with Crippen LogP contribution < -0.4 is 0 Å². The molecule has 0 amide bonds. The first-order valence-electron chi connectivity index (χ1n) is 28.1. The second-order valence-corrected chi connectivity index (χ2v) is 21.9. The van der Waals surface area contributed by atoms with Crippen molar-refractivity contribution in [3.63, 3.8) is 0 Å². The number of benzene rings is 11. The van der Waals surface area contributed by atoms with Gasteiger partial charge >= 0.3 is 0 Å². The molecule has 3 aromatic heterocycles. The van der Waals surface area contributed by atoms with Crippen molar-refractivity contribution in [3.05, 3.63) is 276 Å². The molecule has 0 aliphatic carbocycles. The summed E-state index contributed by atoms with van der Waals surface area (Å²) in [7, 11) is 0. The van der Waals surface area contributed by atoms with Crippen molar-refractivity contribution in [2.24, 2.45) is 0 Å². The Labute approximate surface area is 478 Å². The molecule has 0 saturated heterocycles. The Morgan fingerprint density at radius 2 is 0.549 bits per heavy atom. The summed E-state index contributed by atoms with van der Waals surface area (Å²) in [5.41, 5.74) is 30.4. The summed E-state index contributed by atoms with van der Waals surface area (Å²) in [6.45, 7) is 13.3. The lowest BCUT2D eigenvalue weighted by atomic mass is 9.85. The number of rotatable bonds is 10. The molecule has 11 aromatic carbocycles. The Kier molecular flexibility index (Phi) is 12.4. The molecular formula is C76H58N6. The van der Waals surface area contributed by atoms with Gasteiger partial charge in [-0.2, -0.15) is 0 Å². The molecule has 0 fully saturated rings. The van der Waals surface area contributed by atoms with Crippen LogP contribution in [-0.2, 0) is 0 Å². The van der Waals surface area contributed by atoms with Gasteiger partial charge in [0.05, 0.1) is 44.5 Å². The summed E-state index contributed by atoms with van der Waals surface area (Å²) < 4.78 is 4.49. The molecule has 0 atom stereocenters. The van der Waals surface area contributed by atoms with E-state index < -0.39 is 0 Å². The monoisotopic (exact) mass is 1050 g/mol. The van der Waals surface area contributed by atoms with Crippen molar-refractivity contribution >= 4 is 33.1 Å². The van der Waals surface area contributed by atoms with Gasteiger partial charge < -0.3 is 0 Å². The first kappa shape index (κ1) is 50.0. The SMILES string of the molecule is Cc1cc(C)c(-c2cc3nc(-c4ccc(-c5ccc(-c6nc7ccccc7n6-c6ccccc6)cc5)cc4)c(-c4ccc(-c5ccc(-c6nc7ccccc7n6-c6ccccc6)cc5)cc4)nc3cc2-c2c(C)cc(C)cc2C)c(C)c1. The summed E-state index contributed by atoms with van der Waals surface area (Å²) in [6.07, 6.45) is 0. The average molecular weight is 1060 g/mol. The predicted molar refractivity (Wildman–Crippen MR) is 341 cm³/mol. The fraction of sp³-hybridized carbons (Fsp3) is 0.0789. The number of imidazole rings is 2. The lowest BCUT2D eigenvalue weighted by Crippen LogP contribution is -2.00. The van der Waals surface area contributed by atoms with Crippen LogP contribution in [0.1, 0.15) is 33.4 Å². The largest absolute Gasteiger partial charge is 0.292 e. The molecule has 0 radical (unpaired) electrons. The standard InChI is InChI=1S/C76H58N6/c1-47-41-49(3)71(50(4)42-47)63-45-67-68(46-64(63)72-51(5)43-48(2)44-52(72)6)78-74(58-35-27-54(28-36-58)56-31-39-60(40-32-56)76-80-66-22-14-16-24-70(66)82(76)62-19-11-8-12-20-62)73(77-67)57-33-25-53(26-34-57)55-29-37-59(38-30-55)75-79-65-21-13-15-23-69(65)81(75)61-17-9-7-10-18-61/h7-46H,1-6H3. The molecule has 3 heterocycles. The van der Waals surface area contributed by atoms with E-state index in [9.17, 15) is 0 Å². The third-order valence-electron chi connectivity index (χ3n) is 16.1. The number of hydrogen-bond donors (Lipinski definition) is 0. The van der Waals surface area contributed by atoms with Gasteiger partial charge in [0.2, 0.25) is 0 Å². The highest BCUT2D eigenvalue weighted by Crippen LogP contribution is 2.43. The highest BCUT2D eigenvalue weighted by atomic mass is 15.1. The number of hydrogen-bond acceptors (Lipinski definition) is 4. The van der Waals surface area contributed by atoms with Gasteiger partial charge in [-0.05, 0) is 169 Å². The van der Waals surface area contributed by atoms with Gasteiger partial charge in [0.1, 0.15) is 11.6 Å². The second kappa shape index (κ2) is 20.4. The molecule has 0 aliphatic heterocycles. The van der Waals surface area contributed by atoms with Crippen LogP contribution in [0.3, 0.4) is 0 Å². The lowest BCUT2D eigenvalue weighted by molar-refractivity contribution is 1.10. The maximum atomic E-state index is 5.66.